The lowest BCUT2D eigenvalue weighted by atomic mass is 9.95. The zero-order chi connectivity index (χ0) is 14.8. The number of nitrogens with two attached hydrogens (primary N) is 1. The van der Waals surface area contributed by atoms with Crippen LogP contribution in [0.3, 0.4) is 0 Å². The Kier molecular flexibility index (Phi) is 4.85. The molecule has 2 N–H and O–H groups in total. The van der Waals surface area contributed by atoms with Crippen LogP contribution in [0.15, 0.2) is 24.3 Å². The Morgan fingerprint density at radius 1 is 1.24 bits per heavy atom. The van der Waals surface area contributed by atoms with E-state index >= 15 is 0 Å². The van der Waals surface area contributed by atoms with Gasteiger partial charge in [0.2, 0.25) is 0 Å². The fourth-order valence-corrected chi connectivity index (χ4v) is 3.66. The molecule has 4 heteroatoms. The minimum atomic E-state index is 0.163. The molecular weight excluding hydrogens is 282 g/mol. The van der Waals surface area contributed by atoms with Crippen LogP contribution >= 0.6 is 11.6 Å². The second-order valence-electron chi connectivity index (χ2n) is 6.38. The second-order valence-corrected chi connectivity index (χ2v) is 6.81. The van der Waals surface area contributed by atoms with Gasteiger partial charge in [-0.15, -0.1) is 0 Å². The van der Waals surface area contributed by atoms with Gasteiger partial charge >= 0.3 is 0 Å². The van der Waals surface area contributed by atoms with Crippen molar-refractivity contribution in [1.29, 1.82) is 0 Å². The van der Waals surface area contributed by atoms with Crippen LogP contribution in [0.5, 0.6) is 0 Å². The molecule has 0 radical (unpaired) electrons. The monoisotopic (exact) mass is 307 g/mol. The molecule has 0 bridgehead atoms. The highest BCUT2D eigenvalue weighted by molar-refractivity contribution is 6.30. The maximum Gasteiger partial charge on any atom is 0.0500 e. The highest BCUT2D eigenvalue weighted by Crippen LogP contribution is 2.31. The van der Waals surface area contributed by atoms with Crippen molar-refractivity contribution >= 4 is 11.6 Å². The lowest BCUT2D eigenvalue weighted by Gasteiger charge is -2.41. The molecule has 3 rings (SSSR count). The molecule has 0 spiro atoms. The molecule has 2 atom stereocenters. The van der Waals surface area contributed by atoms with Gasteiger partial charge in [-0.2, -0.15) is 0 Å². The molecule has 1 saturated carbocycles. The Morgan fingerprint density at radius 3 is 2.52 bits per heavy atom. The first-order valence-corrected chi connectivity index (χ1v) is 8.56. The Bertz CT molecular complexity index is 467. The first-order valence-electron chi connectivity index (χ1n) is 8.18. The number of piperazine rings is 1. The Morgan fingerprint density at radius 2 is 1.95 bits per heavy atom. The van der Waals surface area contributed by atoms with Crippen molar-refractivity contribution < 1.29 is 0 Å². The predicted octanol–water partition coefficient (Wildman–Crippen LogP) is 2.90. The van der Waals surface area contributed by atoms with Crippen molar-refractivity contribution in [2.75, 3.05) is 26.2 Å². The van der Waals surface area contributed by atoms with Gasteiger partial charge in [0.25, 0.3) is 0 Å². The van der Waals surface area contributed by atoms with Gasteiger partial charge in [0, 0.05) is 43.3 Å². The third-order valence-corrected chi connectivity index (χ3v) is 5.11. The van der Waals surface area contributed by atoms with Gasteiger partial charge in [-0.3, -0.25) is 9.80 Å². The van der Waals surface area contributed by atoms with Crippen molar-refractivity contribution in [3.05, 3.63) is 34.9 Å². The Hall–Kier alpha value is -0.610. The van der Waals surface area contributed by atoms with E-state index in [0.29, 0.717) is 0 Å². The van der Waals surface area contributed by atoms with Crippen molar-refractivity contribution in [2.24, 2.45) is 5.73 Å². The summed E-state index contributed by atoms with van der Waals surface area (Å²) in [5.74, 6) is 0. The number of rotatable bonds is 5. The number of hydrogen-bond donors (Lipinski definition) is 1. The van der Waals surface area contributed by atoms with Gasteiger partial charge in [0.1, 0.15) is 0 Å². The fourth-order valence-electron chi connectivity index (χ4n) is 3.46. The van der Waals surface area contributed by atoms with Crippen LogP contribution in [-0.2, 0) is 0 Å². The summed E-state index contributed by atoms with van der Waals surface area (Å²) in [5, 5.41) is 0.803. The van der Waals surface area contributed by atoms with E-state index in [1.165, 1.54) is 31.5 Å². The lowest BCUT2D eigenvalue weighted by molar-refractivity contribution is 0.0795. The average molecular weight is 308 g/mol. The van der Waals surface area contributed by atoms with Crippen molar-refractivity contribution in [2.45, 2.75) is 44.3 Å². The van der Waals surface area contributed by atoms with E-state index in [9.17, 15) is 0 Å². The van der Waals surface area contributed by atoms with Crippen molar-refractivity contribution in [1.82, 2.24) is 9.80 Å². The standard InChI is InChI=1S/C17H26ClN3/c1-2-16(19)17(13-4-3-5-14(18)12-13)21-10-8-20(9-11-21)15-6-7-15/h3-5,12,15-17H,2,6-11,19H2,1H3. The van der Waals surface area contributed by atoms with Crippen LogP contribution in [0.1, 0.15) is 37.8 Å². The molecule has 0 amide bonds. The zero-order valence-corrected chi connectivity index (χ0v) is 13.6. The summed E-state index contributed by atoms with van der Waals surface area (Å²) in [6, 6.07) is 9.54. The molecule has 1 aromatic rings. The van der Waals surface area contributed by atoms with Crippen LogP contribution < -0.4 is 5.73 Å². The largest absolute Gasteiger partial charge is 0.326 e. The SMILES string of the molecule is CCC(N)C(c1cccc(Cl)c1)N1CCN(C2CC2)CC1. The number of halogens is 1. The molecule has 116 valence electrons. The van der Waals surface area contributed by atoms with Gasteiger partial charge in [0.15, 0.2) is 0 Å². The molecule has 2 unspecified atom stereocenters. The third-order valence-electron chi connectivity index (χ3n) is 4.87. The van der Waals surface area contributed by atoms with Crippen LogP contribution in [0, 0.1) is 0 Å². The average Bonchev–Trinajstić information content (AvgIpc) is 3.33. The summed E-state index contributed by atoms with van der Waals surface area (Å²) in [6.07, 6.45) is 3.78. The molecule has 0 aromatic heterocycles. The van der Waals surface area contributed by atoms with Gasteiger partial charge in [-0.05, 0) is 37.0 Å². The van der Waals surface area contributed by atoms with Gasteiger partial charge in [-0.1, -0.05) is 30.7 Å². The molecule has 1 aromatic carbocycles. The highest BCUT2D eigenvalue weighted by atomic mass is 35.5. The number of hydrogen-bond acceptors (Lipinski definition) is 3. The molecule has 1 heterocycles. The summed E-state index contributed by atoms with van der Waals surface area (Å²) in [7, 11) is 0. The van der Waals surface area contributed by atoms with E-state index in [-0.39, 0.29) is 12.1 Å². The first kappa shape index (κ1) is 15.3. The maximum atomic E-state index is 6.44. The predicted molar refractivity (Wildman–Crippen MR) is 88.6 cm³/mol. The van der Waals surface area contributed by atoms with E-state index in [4.69, 9.17) is 17.3 Å². The van der Waals surface area contributed by atoms with Crippen LogP contribution in [-0.4, -0.2) is 48.1 Å². The summed E-state index contributed by atoms with van der Waals surface area (Å²) >= 11 is 6.18. The summed E-state index contributed by atoms with van der Waals surface area (Å²) in [6.45, 7) is 6.75. The molecule has 2 fully saturated rings. The normalized spacial score (nSPS) is 24.0. The van der Waals surface area contributed by atoms with Crippen LogP contribution in [0.2, 0.25) is 5.02 Å². The maximum absolute atomic E-state index is 6.44. The topological polar surface area (TPSA) is 32.5 Å². The van der Waals surface area contributed by atoms with Crippen LogP contribution in [0.4, 0.5) is 0 Å². The van der Waals surface area contributed by atoms with Crippen LogP contribution in [0.25, 0.3) is 0 Å². The minimum Gasteiger partial charge on any atom is -0.326 e. The molecule has 2 aliphatic rings. The third kappa shape index (κ3) is 3.59. The fraction of sp³-hybridized carbons (Fsp3) is 0.647. The summed E-state index contributed by atoms with van der Waals surface area (Å²) < 4.78 is 0. The zero-order valence-electron chi connectivity index (χ0n) is 12.8. The minimum absolute atomic E-state index is 0.163. The first-order chi connectivity index (χ1) is 10.2. The molecular formula is C17H26ClN3. The summed E-state index contributed by atoms with van der Waals surface area (Å²) in [5.41, 5.74) is 7.70. The Labute approximate surface area is 133 Å². The number of nitrogens with zero attached hydrogens (tertiary/aromatic N) is 2. The van der Waals surface area contributed by atoms with Gasteiger partial charge in [-0.25, -0.2) is 0 Å². The smallest absolute Gasteiger partial charge is 0.0500 e. The summed E-state index contributed by atoms with van der Waals surface area (Å²) in [4.78, 5) is 5.20. The van der Waals surface area contributed by atoms with E-state index in [2.05, 4.69) is 28.9 Å². The highest BCUT2D eigenvalue weighted by Gasteiger charge is 2.34. The molecule has 21 heavy (non-hydrogen) atoms. The van der Waals surface area contributed by atoms with E-state index in [1.807, 2.05) is 12.1 Å². The Balaban J connectivity index is 1.73. The molecule has 1 aliphatic carbocycles. The van der Waals surface area contributed by atoms with Crippen molar-refractivity contribution in [3.8, 4) is 0 Å². The number of benzene rings is 1. The lowest BCUT2D eigenvalue weighted by Crippen LogP contribution is -2.51. The second kappa shape index (κ2) is 6.66. The van der Waals surface area contributed by atoms with E-state index in [0.717, 1.165) is 30.6 Å². The molecule has 3 nitrogen and oxygen atoms in total. The van der Waals surface area contributed by atoms with Gasteiger partial charge in [0.05, 0.1) is 6.04 Å². The van der Waals surface area contributed by atoms with Crippen molar-refractivity contribution in [3.63, 3.8) is 0 Å². The molecule has 1 aliphatic heterocycles. The van der Waals surface area contributed by atoms with Gasteiger partial charge < -0.3 is 5.73 Å². The molecule has 1 saturated heterocycles. The van der Waals surface area contributed by atoms with E-state index < -0.39 is 0 Å². The van der Waals surface area contributed by atoms with E-state index in [1.54, 1.807) is 0 Å². The quantitative estimate of drug-likeness (QED) is 0.908.